The lowest BCUT2D eigenvalue weighted by Crippen LogP contribution is -2.34. The van der Waals surface area contributed by atoms with Gasteiger partial charge in [0.25, 0.3) is 0 Å². The Kier molecular flexibility index (Phi) is 6.68. The molecule has 0 aliphatic carbocycles. The summed E-state index contributed by atoms with van der Waals surface area (Å²) in [6.07, 6.45) is 1.89. The molecule has 1 aliphatic rings. The van der Waals surface area contributed by atoms with E-state index < -0.39 is 17.6 Å². The smallest absolute Gasteiger partial charge is 0.356 e. The zero-order valence-electron chi connectivity index (χ0n) is 20.2. The Morgan fingerprint density at radius 1 is 1.03 bits per heavy atom. The van der Waals surface area contributed by atoms with Crippen molar-refractivity contribution >= 4 is 5.82 Å². The molecule has 0 radical (unpaired) electrons. The van der Waals surface area contributed by atoms with Crippen LogP contribution in [0.3, 0.4) is 0 Å². The molecule has 2 N–H and O–H groups in total. The third-order valence-corrected chi connectivity index (χ3v) is 6.83. The number of aromatic nitrogens is 4. The third-order valence-electron chi connectivity index (χ3n) is 6.83. The largest absolute Gasteiger partial charge is 0.419 e. The summed E-state index contributed by atoms with van der Waals surface area (Å²) >= 11 is 0. The fourth-order valence-electron chi connectivity index (χ4n) is 4.85. The molecule has 2 aromatic carbocycles. The highest BCUT2D eigenvalue weighted by Crippen LogP contribution is 2.36. The average molecular weight is 511 g/mol. The summed E-state index contributed by atoms with van der Waals surface area (Å²) in [6, 6.07) is 11.0. The van der Waals surface area contributed by atoms with E-state index in [0.29, 0.717) is 12.2 Å². The molecule has 1 saturated heterocycles. The summed E-state index contributed by atoms with van der Waals surface area (Å²) in [5, 5.41) is 0. The molecular weight excluding hydrogens is 484 g/mol. The highest BCUT2D eigenvalue weighted by molar-refractivity contribution is 5.75. The number of benzene rings is 2. The first-order chi connectivity index (χ1) is 17.7. The summed E-state index contributed by atoms with van der Waals surface area (Å²) in [5.74, 6) is 0.499. The van der Waals surface area contributed by atoms with Crippen molar-refractivity contribution in [1.82, 2.24) is 19.5 Å². The second kappa shape index (κ2) is 9.93. The van der Waals surface area contributed by atoms with Crippen LogP contribution in [-0.4, -0.2) is 32.6 Å². The van der Waals surface area contributed by atoms with E-state index in [1.165, 1.54) is 6.07 Å². The molecule has 2 aromatic heterocycles. The van der Waals surface area contributed by atoms with Gasteiger partial charge < -0.3 is 15.2 Å². The highest BCUT2D eigenvalue weighted by atomic mass is 19.4. The Labute approximate surface area is 211 Å². The van der Waals surface area contributed by atoms with E-state index in [0.717, 1.165) is 66.4 Å². The van der Waals surface area contributed by atoms with Crippen LogP contribution in [-0.2, 0) is 19.8 Å². The molecule has 37 heavy (non-hydrogen) atoms. The second-order valence-corrected chi connectivity index (χ2v) is 9.21. The molecule has 4 aromatic rings. The van der Waals surface area contributed by atoms with Crippen LogP contribution in [0.2, 0.25) is 0 Å². The van der Waals surface area contributed by atoms with Gasteiger partial charge >= 0.3 is 6.18 Å². The van der Waals surface area contributed by atoms with Crippen molar-refractivity contribution in [2.75, 3.05) is 18.0 Å². The predicted octanol–water partition coefficient (Wildman–Crippen LogP) is 5.54. The van der Waals surface area contributed by atoms with Crippen LogP contribution in [0.15, 0.2) is 61.2 Å². The minimum absolute atomic E-state index is 0.131. The van der Waals surface area contributed by atoms with Crippen molar-refractivity contribution in [1.29, 1.82) is 0 Å². The maximum atomic E-state index is 13.7. The lowest BCUT2D eigenvalue weighted by Gasteiger charge is -2.33. The van der Waals surface area contributed by atoms with Gasteiger partial charge in [0.15, 0.2) is 0 Å². The van der Waals surface area contributed by atoms with Gasteiger partial charge in [-0.2, -0.15) is 13.2 Å². The standard InChI is InChI=1S/C27H26F4N6/c1-36-15-24(20-6-7-23(28)22(12-20)27(29,30)31)35-25(36)19-8-10-37(11-9-19)26-21(14-33-16-34-26)18-4-2-17(13-32)3-5-18/h2-7,12,14-16,19H,8-11,13,32H2,1H3. The first-order valence-electron chi connectivity index (χ1n) is 12.0. The molecule has 0 bridgehead atoms. The molecule has 1 aliphatic heterocycles. The Morgan fingerprint density at radius 3 is 2.41 bits per heavy atom. The molecule has 192 valence electrons. The topological polar surface area (TPSA) is 72.9 Å². The summed E-state index contributed by atoms with van der Waals surface area (Å²) in [6.45, 7) is 1.96. The van der Waals surface area contributed by atoms with E-state index in [9.17, 15) is 17.6 Å². The van der Waals surface area contributed by atoms with Crippen LogP contribution in [0.4, 0.5) is 23.4 Å². The summed E-state index contributed by atoms with van der Waals surface area (Å²) in [7, 11) is 1.83. The first kappa shape index (κ1) is 24.9. The quantitative estimate of drug-likeness (QED) is 0.357. The van der Waals surface area contributed by atoms with Crippen LogP contribution < -0.4 is 10.6 Å². The van der Waals surface area contributed by atoms with Crippen molar-refractivity contribution in [3.8, 4) is 22.4 Å². The fourth-order valence-corrected chi connectivity index (χ4v) is 4.85. The van der Waals surface area contributed by atoms with E-state index in [4.69, 9.17) is 5.73 Å². The van der Waals surface area contributed by atoms with E-state index >= 15 is 0 Å². The molecule has 0 unspecified atom stereocenters. The van der Waals surface area contributed by atoms with Crippen molar-refractivity contribution in [3.05, 3.63) is 84.0 Å². The lowest BCUT2D eigenvalue weighted by molar-refractivity contribution is -0.139. The number of piperidine rings is 1. The molecule has 0 spiro atoms. The molecule has 3 heterocycles. The molecule has 0 atom stereocenters. The minimum Gasteiger partial charge on any atom is -0.356 e. The van der Waals surface area contributed by atoms with Gasteiger partial charge in [-0.15, -0.1) is 0 Å². The average Bonchev–Trinajstić information content (AvgIpc) is 3.30. The van der Waals surface area contributed by atoms with Crippen LogP contribution >= 0.6 is 0 Å². The fraction of sp³-hybridized carbons (Fsp3) is 0.296. The van der Waals surface area contributed by atoms with E-state index in [1.54, 1.807) is 12.5 Å². The molecule has 0 amide bonds. The molecule has 10 heteroatoms. The van der Waals surface area contributed by atoms with Gasteiger partial charge in [-0.1, -0.05) is 24.3 Å². The normalized spacial score (nSPS) is 14.8. The third kappa shape index (κ3) is 5.06. The Hall–Kier alpha value is -3.79. The first-order valence-corrected chi connectivity index (χ1v) is 12.0. The number of rotatable bonds is 5. The number of nitrogens with two attached hydrogens (primary N) is 1. The highest BCUT2D eigenvalue weighted by Gasteiger charge is 2.34. The van der Waals surface area contributed by atoms with Gasteiger partial charge in [-0.25, -0.2) is 19.3 Å². The van der Waals surface area contributed by atoms with Gasteiger partial charge in [0, 0.05) is 56.1 Å². The monoisotopic (exact) mass is 510 g/mol. The van der Waals surface area contributed by atoms with Crippen molar-refractivity contribution in [2.45, 2.75) is 31.5 Å². The van der Waals surface area contributed by atoms with Crippen molar-refractivity contribution < 1.29 is 17.6 Å². The van der Waals surface area contributed by atoms with Crippen molar-refractivity contribution in [2.24, 2.45) is 12.8 Å². The van der Waals surface area contributed by atoms with Gasteiger partial charge in [-0.05, 0) is 42.2 Å². The van der Waals surface area contributed by atoms with E-state index in [2.05, 4.69) is 19.9 Å². The van der Waals surface area contributed by atoms with Gasteiger partial charge in [0.2, 0.25) is 0 Å². The van der Waals surface area contributed by atoms with E-state index in [1.807, 2.05) is 42.1 Å². The van der Waals surface area contributed by atoms with Crippen LogP contribution in [0.25, 0.3) is 22.4 Å². The maximum absolute atomic E-state index is 13.7. The molecule has 5 rings (SSSR count). The Morgan fingerprint density at radius 2 is 1.73 bits per heavy atom. The summed E-state index contributed by atoms with van der Waals surface area (Å²) in [5.41, 5.74) is 8.07. The van der Waals surface area contributed by atoms with E-state index in [-0.39, 0.29) is 11.5 Å². The zero-order chi connectivity index (χ0) is 26.2. The number of nitrogens with zero attached hydrogens (tertiary/aromatic N) is 5. The predicted molar refractivity (Wildman–Crippen MR) is 133 cm³/mol. The molecule has 0 saturated carbocycles. The van der Waals surface area contributed by atoms with Gasteiger partial charge in [-0.3, -0.25) is 0 Å². The number of hydrogen-bond acceptors (Lipinski definition) is 5. The number of hydrogen-bond donors (Lipinski definition) is 1. The SMILES string of the molecule is Cn1cc(-c2ccc(F)c(C(F)(F)F)c2)nc1C1CCN(c2ncncc2-c2ccc(CN)cc2)CC1. The summed E-state index contributed by atoms with van der Waals surface area (Å²) in [4.78, 5) is 15.7. The van der Waals surface area contributed by atoms with Crippen LogP contribution in [0, 0.1) is 5.82 Å². The van der Waals surface area contributed by atoms with Crippen molar-refractivity contribution in [3.63, 3.8) is 0 Å². The maximum Gasteiger partial charge on any atom is 0.419 e. The number of halogens is 4. The van der Waals surface area contributed by atoms with Gasteiger partial charge in [0.05, 0.1) is 11.3 Å². The number of aryl methyl sites for hydroxylation is 1. The minimum atomic E-state index is -4.77. The molecular formula is C27H26F4N6. The Balaban J connectivity index is 1.34. The second-order valence-electron chi connectivity index (χ2n) is 9.21. The number of alkyl halides is 3. The molecule has 1 fully saturated rings. The number of imidazole rings is 1. The van der Waals surface area contributed by atoms with Crippen LogP contribution in [0.5, 0.6) is 0 Å². The van der Waals surface area contributed by atoms with Crippen LogP contribution in [0.1, 0.15) is 35.7 Å². The zero-order valence-corrected chi connectivity index (χ0v) is 20.2. The molecule has 6 nitrogen and oxygen atoms in total. The summed E-state index contributed by atoms with van der Waals surface area (Å²) < 4.78 is 55.1. The number of anilines is 1. The Bertz CT molecular complexity index is 1390. The van der Waals surface area contributed by atoms with Gasteiger partial charge in [0.1, 0.15) is 23.8 Å². The lowest BCUT2D eigenvalue weighted by atomic mass is 9.95.